The molecule has 2 aliphatic rings. The van der Waals surface area contributed by atoms with Crippen LogP contribution in [-0.2, 0) is 4.74 Å². The summed E-state index contributed by atoms with van der Waals surface area (Å²) in [5, 5.41) is 14.2. The van der Waals surface area contributed by atoms with Crippen LogP contribution in [0.3, 0.4) is 0 Å². The van der Waals surface area contributed by atoms with E-state index in [1.807, 2.05) is 11.0 Å². The summed E-state index contributed by atoms with van der Waals surface area (Å²) in [6.07, 6.45) is 3.75. The van der Waals surface area contributed by atoms with E-state index in [-0.39, 0.29) is 11.3 Å². The number of hydrogen-bond donors (Lipinski definition) is 1. The normalized spacial score (nSPS) is 16.7. The predicted octanol–water partition coefficient (Wildman–Crippen LogP) is 2.68. The number of rotatable bonds is 5. The molecule has 0 atom stereocenters. The number of benzene rings is 1. The number of nitro groups is 1. The van der Waals surface area contributed by atoms with Crippen molar-refractivity contribution in [2.24, 2.45) is 0 Å². The molecule has 0 saturated carbocycles. The Bertz CT molecular complexity index is 890. The summed E-state index contributed by atoms with van der Waals surface area (Å²) in [4.78, 5) is 32.1. The molecule has 0 aliphatic carbocycles. The molecule has 2 aliphatic heterocycles. The summed E-state index contributed by atoms with van der Waals surface area (Å²) in [6, 6.07) is 8.25. The van der Waals surface area contributed by atoms with Gasteiger partial charge in [-0.25, -0.2) is 4.98 Å². The highest BCUT2D eigenvalue weighted by Crippen LogP contribution is 2.31. The van der Waals surface area contributed by atoms with Crippen LogP contribution in [0.1, 0.15) is 23.2 Å². The Balaban J connectivity index is 1.47. The number of carbonyl (C=O) groups excluding carboxylic acids is 1. The van der Waals surface area contributed by atoms with E-state index >= 15 is 0 Å². The Morgan fingerprint density at radius 2 is 1.83 bits per heavy atom. The third-order valence-electron chi connectivity index (χ3n) is 5.25. The minimum absolute atomic E-state index is 0.0461. The van der Waals surface area contributed by atoms with Gasteiger partial charge >= 0.3 is 0 Å². The molecule has 9 nitrogen and oxygen atoms in total. The molecule has 0 unspecified atom stereocenters. The first-order valence-corrected chi connectivity index (χ1v) is 9.75. The Morgan fingerprint density at radius 1 is 1.07 bits per heavy atom. The van der Waals surface area contributed by atoms with E-state index in [1.54, 1.807) is 24.4 Å². The molecule has 1 aromatic heterocycles. The quantitative estimate of drug-likeness (QED) is 0.611. The molecule has 1 aromatic carbocycles. The molecule has 4 rings (SSSR count). The van der Waals surface area contributed by atoms with Crippen molar-refractivity contribution in [3.05, 3.63) is 52.2 Å². The zero-order chi connectivity index (χ0) is 20.2. The maximum atomic E-state index is 12.6. The van der Waals surface area contributed by atoms with E-state index in [1.165, 1.54) is 6.07 Å². The lowest BCUT2D eigenvalue weighted by molar-refractivity contribution is -0.384. The molecule has 2 aromatic rings. The number of ether oxygens (including phenoxy) is 1. The van der Waals surface area contributed by atoms with Crippen molar-refractivity contribution >= 4 is 28.8 Å². The second kappa shape index (κ2) is 8.44. The molecular formula is C20H23N5O4. The molecular weight excluding hydrogens is 374 g/mol. The molecule has 1 N–H and O–H groups in total. The Kier molecular flexibility index (Phi) is 5.57. The smallest absolute Gasteiger partial charge is 0.293 e. The van der Waals surface area contributed by atoms with Crippen LogP contribution in [0.4, 0.5) is 22.9 Å². The SMILES string of the molecule is O=C(Nc1ccc(N2CCOCC2)cn1)c1ccc(N2CCCC2)c([N+](=O)[O-])c1. The number of anilines is 3. The van der Waals surface area contributed by atoms with Crippen molar-refractivity contribution in [3.63, 3.8) is 0 Å². The van der Waals surface area contributed by atoms with Crippen LogP contribution in [-0.4, -0.2) is 55.2 Å². The number of nitrogens with one attached hydrogen (secondary N) is 1. The molecule has 2 saturated heterocycles. The highest BCUT2D eigenvalue weighted by Gasteiger charge is 2.24. The number of pyridine rings is 1. The van der Waals surface area contributed by atoms with Gasteiger partial charge in [-0.3, -0.25) is 14.9 Å². The number of hydrogen-bond acceptors (Lipinski definition) is 7. The lowest BCUT2D eigenvalue weighted by atomic mass is 10.1. The summed E-state index contributed by atoms with van der Waals surface area (Å²) in [5.74, 6) is -0.0222. The van der Waals surface area contributed by atoms with Crippen molar-refractivity contribution in [2.45, 2.75) is 12.8 Å². The fraction of sp³-hybridized carbons (Fsp3) is 0.400. The molecule has 152 valence electrons. The van der Waals surface area contributed by atoms with Gasteiger partial charge in [0.15, 0.2) is 0 Å². The molecule has 0 bridgehead atoms. The van der Waals surface area contributed by atoms with Gasteiger partial charge in [0.05, 0.1) is 30.0 Å². The monoisotopic (exact) mass is 397 g/mol. The molecule has 9 heteroatoms. The summed E-state index contributed by atoms with van der Waals surface area (Å²) >= 11 is 0. The maximum absolute atomic E-state index is 12.6. The lowest BCUT2D eigenvalue weighted by Gasteiger charge is -2.28. The van der Waals surface area contributed by atoms with Crippen LogP contribution >= 0.6 is 0 Å². The van der Waals surface area contributed by atoms with Gasteiger partial charge in [0.25, 0.3) is 11.6 Å². The molecule has 29 heavy (non-hydrogen) atoms. The van der Waals surface area contributed by atoms with Crippen molar-refractivity contribution in [3.8, 4) is 0 Å². The van der Waals surface area contributed by atoms with Crippen LogP contribution < -0.4 is 15.1 Å². The van der Waals surface area contributed by atoms with Gasteiger partial charge in [0.1, 0.15) is 11.5 Å². The first-order valence-electron chi connectivity index (χ1n) is 9.75. The van der Waals surface area contributed by atoms with E-state index in [2.05, 4.69) is 15.2 Å². The Labute approximate surface area is 168 Å². The van der Waals surface area contributed by atoms with Gasteiger partial charge in [0.2, 0.25) is 0 Å². The first kappa shape index (κ1) is 19.1. The molecule has 0 spiro atoms. The number of amides is 1. The van der Waals surface area contributed by atoms with E-state index in [9.17, 15) is 14.9 Å². The van der Waals surface area contributed by atoms with E-state index < -0.39 is 10.8 Å². The average Bonchev–Trinajstić information content (AvgIpc) is 3.29. The lowest BCUT2D eigenvalue weighted by Crippen LogP contribution is -2.36. The van der Waals surface area contributed by atoms with Crippen molar-refractivity contribution < 1.29 is 14.5 Å². The second-order valence-electron chi connectivity index (χ2n) is 7.11. The minimum atomic E-state index is -0.431. The number of nitro benzene ring substituents is 1. The maximum Gasteiger partial charge on any atom is 0.293 e. The van der Waals surface area contributed by atoms with Crippen molar-refractivity contribution in [1.82, 2.24) is 4.98 Å². The van der Waals surface area contributed by atoms with Gasteiger partial charge in [-0.05, 0) is 37.1 Å². The minimum Gasteiger partial charge on any atom is -0.378 e. The highest BCUT2D eigenvalue weighted by atomic mass is 16.6. The van der Waals surface area contributed by atoms with E-state index in [0.717, 1.165) is 44.7 Å². The average molecular weight is 397 g/mol. The van der Waals surface area contributed by atoms with Crippen LogP contribution in [0.5, 0.6) is 0 Å². The highest BCUT2D eigenvalue weighted by molar-refractivity contribution is 6.04. The zero-order valence-corrected chi connectivity index (χ0v) is 16.0. The zero-order valence-electron chi connectivity index (χ0n) is 16.0. The summed E-state index contributed by atoms with van der Waals surface area (Å²) < 4.78 is 5.34. The predicted molar refractivity (Wildman–Crippen MR) is 110 cm³/mol. The second-order valence-corrected chi connectivity index (χ2v) is 7.11. The fourth-order valence-corrected chi connectivity index (χ4v) is 3.69. The molecule has 0 radical (unpaired) electrons. The largest absolute Gasteiger partial charge is 0.378 e. The van der Waals surface area contributed by atoms with Crippen LogP contribution in [0, 0.1) is 10.1 Å². The van der Waals surface area contributed by atoms with Gasteiger partial charge < -0.3 is 19.9 Å². The van der Waals surface area contributed by atoms with Gasteiger partial charge in [-0.1, -0.05) is 0 Å². The van der Waals surface area contributed by atoms with Gasteiger partial charge in [-0.2, -0.15) is 0 Å². The third kappa shape index (κ3) is 4.29. The van der Waals surface area contributed by atoms with Gasteiger partial charge in [-0.15, -0.1) is 0 Å². The first-order chi connectivity index (χ1) is 14.1. The van der Waals surface area contributed by atoms with Gasteiger partial charge in [0, 0.05) is 37.8 Å². The van der Waals surface area contributed by atoms with E-state index in [0.29, 0.717) is 24.7 Å². The van der Waals surface area contributed by atoms with Crippen molar-refractivity contribution in [1.29, 1.82) is 0 Å². The summed E-state index contributed by atoms with van der Waals surface area (Å²) in [7, 11) is 0. The number of aromatic nitrogens is 1. The molecule has 3 heterocycles. The topological polar surface area (TPSA) is 101 Å². The van der Waals surface area contributed by atoms with E-state index in [4.69, 9.17) is 4.74 Å². The fourth-order valence-electron chi connectivity index (χ4n) is 3.69. The number of carbonyl (C=O) groups is 1. The Morgan fingerprint density at radius 3 is 2.48 bits per heavy atom. The Hall–Kier alpha value is -3.20. The number of morpholine rings is 1. The summed E-state index contributed by atoms with van der Waals surface area (Å²) in [5.41, 5.74) is 1.72. The number of nitrogens with zero attached hydrogens (tertiary/aromatic N) is 4. The third-order valence-corrected chi connectivity index (χ3v) is 5.25. The standard InChI is InChI=1S/C20H23N5O4/c26-20(22-19-6-4-16(14-21-19)23-9-11-29-12-10-23)15-3-5-17(18(13-15)25(27)28)24-7-1-2-8-24/h3-6,13-14H,1-2,7-12H2,(H,21,22,26). The van der Waals surface area contributed by atoms with Crippen LogP contribution in [0.15, 0.2) is 36.5 Å². The van der Waals surface area contributed by atoms with Crippen LogP contribution in [0.25, 0.3) is 0 Å². The summed E-state index contributed by atoms with van der Waals surface area (Å²) in [6.45, 7) is 4.58. The van der Waals surface area contributed by atoms with Crippen molar-refractivity contribution in [2.75, 3.05) is 54.5 Å². The molecule has 2 fully saturated rings. The van der Waals surface area contributed by atoms with Crippen LogP contribution in [0.2, 0.25) is 0 Å². The molecule has 1 amide bonds.